The van der Waals surface area contributed by atoms with Crippen molar-refractivity contribution in [1.82, 2.24) is 5.32 Å². The molecule has 20 heavy (non-hydrogen) atoms. The lowest BCUT2D eigenvalue weighted by Gasteiger charge is -2.33. The summed E-state index contributed by atoms with van der Waals surface area (Å²) < 4.78 is 27.8. The van der Waals surface area contributed by atoms with Gasteiger partial charge in [-0.25, -0.2) is 8.78 Å². The number of amides is 1. The largest absolute Gasteiger partial charge is 0.315 e. The third kappa shape index (κ3) is 1.69. The first-order valence-corrected chi connectivity index (χ1v) is 7.01. The summed E-state index contributed by atoms with van der Waals surface area (Å²) in [5.74, 6) is -1.38. The molecule has 1 amide bonds. The zero-order valence-electron chi connectivity index (χ0n) is 11.7. The van der Waals surface area contributed by atoms with Gasteiger partial charge in [0.05, 0.1) is 11.1 Å². The van der Waals surface area contributed by atoms with Crippen LogP contribution in [0.5, 0.6) is 0 Å². The van der Waals surface area contributed by atoms with Gasteiger partial charge >= 0.3 is 0 Å². The SMILES string of the molecule is CC(C)N1C(=O)[C@]2(CCCNC2)c2cc(F)cc(F)c21. The van der Waals surface area contributed by atoms with Gasteiger partial charge in [0.25, 0.3) is 0 Å². The average Bonchev–Trinajstić information content (AvgIpc) is 2.62. The Kier molecular flexibility index (Phi) is 3.05. The lowest BCUT2D eigenvalue weighted by molar-refractivity contribution is -0.124. The number of piperidine rings is 1. The smallest absolute Gasteiger partial charge is 0.239 e. The molecule has 0 unspecified atom stereocenters. The molecule has 2 aliphatic rings. The fourth-order valence-electron chi connectivity index (χ4n) is 3.43. The maximum Gasteiger partial charge on any atom is 0.239 e. The van der Waals surface area contributed by atoms with E-state index in [-0.39, 0.29) is 17.6 Å². The summed E-state index contributed by atoms with van der Waals surface area (Å²) in [6, 6.07) is 2.03. The number of anilines is 1. The molecule has 0 radical (unpaired) electrons. The molecule has 108 valence electrons. The molecule has 5 heteroatoms. The minimum Gasteiger partial charge on any atom is -0.315 e. The zero-order chi connectivity index (χ0) is 14.5. The topological polar surface area (TPSA) is 32.3 Å². The lowest BCUT2D eigenvalue weighted by Crippen LogP contribution is -2.51. The molecule has 3 nitrogen and oxygen atoms in total. The van der Waals surface area contributed by atoms with Crippen molar-refractivity contribution in [3.8, 4) is 0 Å². The molecule has 1 fully saturated rings. The monoisotopic (exact) mass is 280 g/mol. The molecular weight excluding hydrogens is 262 g/mol. The number of nitrogens with one attached hydrogen (secondary N) is 1. The van der Waals surface area contributed by atoms with Crippen molar-refractivity contribution in [3.05, 3.63) is 29.3 Å². The maximum atomic E-state index is 14.2. The predicted molar refractivity (Wildman–Crippen MR) is 72.8 cm³/mol. The first kappa shape index (κ1) is 13.5. The molecule has 0 aliphatic carbocycles. The van der Waals surface area contributed by atoms with E-state index in [1.807, 2.05) is 13.8 Å². The van der Waals surface area contributed by atoms with Crippen LogP contribution in [0, 0.1) is 11.6 Å². The quantitative estimate of drug-likeness (QED) is 0.856. The van der Waals surface area contributed by atoms with E-state index in [0.29, 0.717) is 18.5 Å². The summed E-state index contributed by atoms with van der Waals surface area (Å²) in [7, 11) is 0. The molecule has 0 bridgehead atoms. The van der Waals surface area contributed by atoms with E-state index in [1.54, 1.807) is 0 Å². The number of carbonyl (C=O) groups excluding carboxylic acids is 1. The van der Waals surface area contributed by atoms with Crippen molar-refractivity contribution < 1.29 is 13.6 Å². The second-order valence-corrected chi connectivity index (χ2v) is 5.92. The number of nitrogens with zero attached hydrogens (tertiary/aromatic N) is 1. The van der Waals surface area contributed by atoms with E-state index in [9.17, 15) is 13.6 Å². The second-order valence-electron chi connectivity index (χ2n) is 5.92. The highest BCUT2D eigenvalue weighted by Crippen LogP contribution is 2.47. The number of hydrogen-bond donors (Lipinski definition) is 1. The lowest BCUT2D eigenvalue weighted by atomic mass is 9.75. The van der Waals surface area contributed by atoms with Crippen molar-refractivity contribution in [2.45, 2.75) is 38.1 Å². The van der Waals surface area contributed by atoms with Crippen LogP contribution in [0.1, 0.15) is 32.3 Å². The summed E-state index contributed by atoms with van der Waals surface area (Å²) in [6.07, 6.45) is 1.47. The van der Waals surface area contributed by atoms with E-state index >= 15 is 0 Å². The highest BCUT2D eigenvalue weighted by Gasteiger charge is 2.53. The van der Waals surface area contributed by atoms with E-state index in [0.717, 1.165) is 19.0 Å². The standard InChI is InChI=1S/C15H18F2N2O/c1-9(2)19-13-11(6-10(16)7-12(13)17)15(14(19)20)4-3-5-18-8-15/h6-7,9,18H,3-5,8H2,1-2H3/t15-/m0/s1. The highest BCUT2D eigenvalue weighted by atomic mass is 19.1. The van der Waals surface area contributed by atoms with Gasteiger partial charge in [0.1, 0.15) is 11.6 Å². The summed E-state index contributed by atoms with van der Waals surface area (Å²) in [5.41, 5.74) is -0.0446. The van der Waals surface area contributed by atoms with E-state index in [1.165, 1.54) is 11.0 Å². The molecule has 2 heterocycles. The molecule has 1 atom stereocenters. The first-order valence-electron chi connectivity index (χ1n) is 7.01. The van der Waals surface area contributed by atoms with E-state index < -0.39 is 17.0 Å². The molecule has 0 saturated carbocycles. The summed E-state index contributed by atoms with van der Waals surface area (Å²) in [6.45, 7) is 4.98. The Labute approximate surface area is 117 Å². The summed E-state index contributed by atoms with van der Waals surface area (Å²) in [4.78, 5) is 14.3. The minimum absolute atomic E-state index is 0.112. The van der Waals surface area contributed by atoms with Crippen LogP contribution in [-0.2, 0) is 10.2 Å². The van der Waals surface area contributed by atoms with Crippen LogP contribution in [0.25, 0.3) is 0 Å². The molecule has 1 aromatic rings. The van der Waals surface area contributed by atoms with Crippen LogP contribution in [-0.4, -0.2) is 25.0 Å². The fourth-order valence-corrected chi connectivity index (χ4v) is 3.43. The highest BCUT2D eigenvalue weighted by molar-refractivity contribution is 6.09. The van der Waals surface area contributed by atoms with Gasteiger partial charge in [-0.05, 0) is 44.9 Å². The third-order valence-corrected chi connectivity index (χ3v) is 4.31. The summed E-state index contributed by atoms with van der Waals surface area (Å²) in [5, 5.41) is 3.19. The summed E-state index contributed by atoms with van der Waals surface area (Å²) >= 11 is 0. The van der Waals surface area contributed by atoms with Crippen LogP contribution in [0.4, 0.5) is 14.5 Å². The molecule has 1 saturated heterocycles. The normalized spacial score (nSPS) is 25.6. The number of carbonyl (C=O) groups is 1. The Balaban J connectivity index is 2.24. The molecule has 1 N–H and O–H groups in total. The Morgan fingerprint density at radius 2 is 2.10 bits per heavy atom. The van der Waals surface area contributed by atoms with Crippen LogP contribution >= 0.6 is 0 Å². The molecule has 3 rings (SSSR count). The van der Waals surface area contributed by atoms with Crippen molar-refractivity contribution in [2.24, 2.45) is 0 Å². The number of hydrogen-bond acceptors (Lipinski definition) is 2. The van der Waals surface area contributed by atoms with Gasteiger partial charge in [-0.3, -0.25) is 4.79 Å². The Hall–Kier alpha value is -1.49. The predicted octanol–water partition coefficient (Wildman–Crippen LogP) is 2.34. The first-order chi connectivity index (χ1) is 9.47. The Morgan fingerprint density at radius 3 is 2.70 bits per heavy atom. The minimum atomic E-state index is -0.805. The van der Waals surface area contributed by atoms with Gasteiger partial charge in [-0.2, -0.15) is 0 Å². The molecular formula is C15H18F2N2O. The van der Waals surface area contributed by atoms with Crippen molar-refractivity contribution >= 4 is 11.6 Å². The van der Waals surface area contributed by atoms with Gasteiger partial charge in [-0.15, -0.1) is 0 Å². The van der Waals surface area contributed by atoms with Gasteiger partial charge in [0.15, 0.2) is 0 Å². The number of benzene rings is 1. The molecule has 1 aromatic carbocycles. The number of rotatable bonds is 1. The molecule has 1 spiro atoms. The van der Waals surface area contributed by atoms with E-state index in [4.69, 9.17) is 0 Å². The van der Waals surface area contributed by atoms with Crippen molar-refractivity contribution in [2.75, 3.05) is 18.0 Å². The van der Waals surface area contributed by atoms with Gasteiger partial charge in [0, 0.05) is 18.7 Å². The zero-order valence-corrected chi connectivity index (χ0v) is 11.7. The van der Waals surface area contributed by atoms with Crippen molar-refractivity contribution in [3.63, 3.8) is 0 Å². The maximum absolute atomic E-state index is 14.2. The number of halogens is 2. The van der Waals surface area contributed by atoms with Crippen molar-refractivity contribution in [1.29, 1.82) is 0 Å². The van der Waals surface area contributed by atoms with Crippen LogP contribution < -0.4 is 10.2 Å². The average molecular weight is 280 g/mol. The molecule has 0 aromatic heterocycles. The fraction of sp³-hybridized carbons (Fsp3) is 0.533. The third-order valence-electron chi connectivity index (χ3n) is 4.31. The van der Waals surface area contributed by atoms with Crippen LogP contribution in [0.2, 0.25) is 0 Å². The van der Waals surface area contributed by atoms with Gasteiger partial charge in [0.2, 0.25) is 5.91 Å². The molecule has 2 aliphatic heterocycles. The number of fused-ring (bicyclic) bond motifs is 2. The van der Waals surface area contributed by atoms with Gasteiger partial charge in [-0.1, -0.05) is 0 Å². The second kappa shape index (κ2) is 4.52. The van der Waals surface area contributed by atoms with Gasteiger partial charge < -0.3 is 10.2 Å². The van der Waals surface area contributed by atoms with E-state index in [2.05, 4.69) is 5.32 Å². The Bertz CT molecular complexity index is 565. The Morgan fingerprint density at radius 1 is 1.35 bits per heavy atom. The van der Waals surface area contributed by atoms with Crippen LogP contribution in [0.15, 0.2) is 12.1 Å². The van der Waals surface area contributed by atoms with Crippen LogP contribution in [0.3, 0.4) is 0 Å².